The Morgan fingerprint density at radius 3 is 2.35 bits per heavy atom. The summed E-state index contributed by atoms with van der Waals surface area (Å²) in [7, 11) is 0. The predicted molar refractivity (Wildman–Crippen MR) is 102 cm³/mol. The molecule has 2 aromatic carbocycles. The molecule has 0 aliphatic heterocycles. The van der Waals surface area contributed by atoms with Gasteiger partial charge in [0.1, 0.15) is 0 Å². The molecule has 0 heterocycles. The van der Waals surface area contributed by atoms with E-state index in [1.165, 1.54) is 36.8 Å². The van der Waals surface area contributed by atoms with Crippen LogP contribution in [0, 0.1) is 0 Å². The SMILES string of the molecule is C[C@H](N[C@@H]1CCCC[C@H]1SCc1ccccc1)c1ccccc1. The fourth-order valence-corrected chi connectivity index (χ4v) is 4.80. The monoisotopic (exact) mass is 325 g/mol. The standard InChI is InChI=1S/C21H27NS/c1-17(19-12-6-3-7-13-19)22-20-14-8-9-15-21(20)23-16-18-10-4-2-5-11-18/h2-7,10-13,17,20-22H,8-9,14-16H2,1H3/t17-,20+,21+/m0/s1. The van der Waals surface area contributed by atoms with Crippen molar-refractivity contribution in [3.05, 3.63) is 71.8 Å². The average molecular weight is 326 g/mol. The summed E-state index contributed by atoms with van der Waals surface area (Å²) in [6.07, 6.45) is 5.40. The Hall–Kier alpha value is -1.25. The molecule has 0 radical (unpaired) electrons. The lowest BCUT2D eigenvalue weighted by Crippen LogP contribution is -2.41. The predicted octanol–water partition coefficient (Wildman–Crippen LogP) is 5.58. The van der Waals surface area contributed by atoms with Crippen LogP contribution in [0.5, 0.6) is 0 Å². The minimum Gasteiger partial charge on any atom is -0.306 e. The summed E-state index contributed by atoms with van der Waals surface area (Å²) < 4.78 is 0. The van der Waals surface area contributed by atoms with Crippen molar-refractivity contribution in [3.63, 3.8) is 0 Å². The van der Waals surface area contributed by atoms with E-state index in [1.807, 2.05) is 0 Å². The van der Waals surface area contributed by atoms with Crippen molar-refractivity contribution >= 4 is 11.8 Å². The van der Waals surface area contributed by atoms with Gasteiger partial charge in [0.25, 0.3) is 0 Å². The first kappa shape index (κ1) is 16.6. The lowest BCUT2D eigenvalue weighted by atomic mass is 9.93. The highest BCUT2D eigenvalue weighted by atomic mass is 32.2. The molecule has 0 saturated heterocycles. The molecule has 3 atom stereocenters. The Balaban J connectivity index is 1.58. The van der Waals surface area contributed by atoms with Gasteiger partial charge >= 0.3 is 0 Å². The van der Waals surface area contributed by atoms with Crippen LogP contribution >= 0.6 is 11.8 Å². The maximum atomic E-state index is 3.90. The summed E-state index contributed by atoms with van der Waals surface area (Å²) in [6, 6.07) is 22.7. The zero-order chi connectivity index (χ0) is 15.9. The Morgan fingerprint density at radius 1 is 0.957 bits per heavy atom. The van der Waals surface area contributed by atoms with Crippen molar-refractivity contribution in [1.82, 2.24) is 5.32 Å². The number of benzene rings is 2. The summed E-state index contributed by atoms with van der Waals surface area (Å²) in [5.74, 6) is 1.13. The smallest absolute Gasteiger partial charge is 0.0294 e. The number of hydrogen-bond donors (Lipinski definition) is 1. The highest BCUT2D eigenvalue weighted by molar-refractivity contribution is 7.99. The highest BCUT2D eigenvalue weighted by Gasteiger charge is 2.26. The molecule has 1 saturated carbocycles. The van der Waals surface area contributed by atoms with Crippen molar-refractivity contribution in [2.75, 3.05) is 0 Å². The second kappa shape index (κ2) is 8.56. The fraction of sp³-hybridized carbons (Fsp3) is 0.429. The topological polar surface area (TPSA) is 12.0 Å². The van der Waals surface area contributed by atoms with Gasteiger partial charge in [-0.05, 0) is 30.9 Å². The van der Waals surface area contributed by atoms with Gasteiger partial charge in [0.15, 0.2) is 0 Å². The van der Waals surface area contributed by atoms with Crippen molar-refractivity contribution in [2.45, 2.75) is 55.7 Å². The van der Waals surface area contributed by atoms with Gasteiger partial charge in [0, 0.05) is 23.1 Å². The summed E-state index contributed by atoms with van der Waals surface area (Å²) in [5, 5.41) is 4.63. The Bertz CT molecular complexity index is 569. The Morgan fingerprint density at radius 2 is 1.61 bits per heavy atom. The second-order valence-corrected chi connectivity index (χ2v) is 7.75. The van der Waals surface area contributed by atoms with Crippen LogP contribution in [0.1, 0.15) is 49.8 Å². The van der Waals surface area contributed by atoms with Gasteiger partial charge in [-0.25, -0.2) is 0 Å². The van der Waals surface area contributed by atoms with Gasteiger partial charge in [-0.2, -0.15) is 11.8 Å². The van der Waals surface area contributed by atoms with E-state index in [2.05, 4.69) is 84.7 Å². The van der Waals surface area contributed by atoms with Crippen molar-refractivity contribution in [3.8, 4) is 0 Å². The molecule has 1 aliphatic carbocycles. The average Bonchev–Trinajstić information content (AvgIpc) is 2.62. The van der Waals surface area contributed by atoms with E-state index in [-0.39, 0.29) is 0 Å². The number of nitrogens with one attached hydrogen (secondary N) is 1. The van der Waals surface area contributed by atoms with Crippen LogP contribution in [0.2, 0.25) is 0 Å². The minimum absolute atomic E-state index is 0.430. The molecule has 1 N–H and O–H groups in total. The summed E-state index contributed by atoms with van der Waals surface area (Å²) in [6.45, 7) is 2.29. The first-order valence-corrected chi connectivity index (χ1v) is 9.84. The molecular weight excluding hydrogens is 298 g/mol. The van der Waals surface area contributed by atoms with Crippen LogP contribution in [-0.4, -0.2) is 11.3 Å². The minimum atomic E-state index is 0.430. The Kier molecular flexibility index (Phi) is 6.18. The van der Waals surface area contributed by atoms with E-state index in [1.54, 1.807) is 0 Å². The van der Waals surface area contributed by atoms with Crippen LogP contribution in [0.3, 0.4) is 0 Å². The molecule has 1 fully saturated rings. The maximum Gasteiger partial charge on any atom is 0.0294 e. The third-order valence-corrected chi connectivity index (χ3v) is 6.27. The summed E-state index contributed by atoms with van der Waals surface area (Å²) >= 11 is 2.13. The van der Waals surface area contributed by atoms with Gasteiger partial charge < -0.3 is 5.32 Å². The largest absolute Gasteiger partial charge is 0.306 e. The van der Waals surface area contributed by atoms with Crippen LogP contribution in [0.4, 0.5) is 0 Å². The molecule has 2 aromatic rings. The molecule has 0 aromatic heterocycles. The zero-order valence-electron chi connectivity index (χ0n) is 13.9. The summed E-state index contributed by atoms with van der Waals surface area (Å²) in [4.78, 5) is 0. The van der Waals surface area contributed by atoms with Gasteiger partial charge in [0.05, 0.1) is 0 Å². The lowest BCUT2D eigenvalue weighted by molar-refractivity contribution is 0.356. The molecule has 0 amide bonds. The molecule has 0 spiro atoms. The van der Waals surface area contributed by atoms with E-state index < -0.39 is 0 Å². The number of thioether (sulfide) groups is 1. The second-order valence-electron chi connectivity index (χ2n) is 6.53. The first-order valence-electron chi connectivity index (χ1n) is 8.79. The van der Waals surface area contributed by atoms with E-state index in [9.17, 15) is 0 Å². The van der Waals surface area contributed by atoms with Crippen LogP contribution < -0.4 is 5.32 Å². The molecule has 23 heavy (non-hydrogen) atoms. The lowest BCUT2D eigenvalue weighted by Gasteiger charge is -2.34. The molecule has 1 aliphatic rings. The van der Waals surface area contributed by atoms with Crippen molar-refractivity contribution in [2.24, 2.45) is 0 Å². The third kappa shape index (κ3) is 4.86. The molecule has 0 bridgehead atoms. The van der Waals surface area contributed by atoms with Crippen molar-refractivity contribution in [1.29, 1.82) is 0 Å². The molecule has 0 unspecified atom stereocenters. The maximum absolute atomic E-state index is 3.90. The quantitative estimate of drug-likeness (QED) is 0.744. The van der Waals surface area contributed by atoms with Crippen molar-refractivity contribution < 1.29 is 0 Å². The number of hydrogen-bond acceptors (Lipinski definition) is 2. The fourth-order valence-electron chi connectivity index (χ4n) is 3.42. The van der Waals surface area contributed by atoms with E-state index in [0.29, 0.717) is 12.1 Å². The third-order valence-electron chi connectivity index (χ3n) is 4.77. The van der Waals surface area contributed by atoms with E-state index >= 15 is 0 Å². The number of rotatable bonds is 6. The summed E-state index contributed by atoms with van der Waals surface area (Å²) in [5.41, 5.74) is 2.84. The normalized spacial score (nSPS) is 22.7. The Labute approximate surface area is 144 Å². The van der Waals surface area contributed by atoms with Gasteiger partial charge in [0.2, 0.25) is 0 Å². The molecule has 122 valence electrons. The van der Waals surface area contributed by atoms with Gasteiger partial charge in [-0.15, -0.1) is 0 Å². The zero-order valence-corrected chi connectivity index (χ0v) is 14.8. The van der Waals surface area contributed by atoms with Gasteiger partial charge in [-0.1, -0.05) is 73.5 Å². The molecule has 3 rings (SSSR count). The first-order chi connectivity index (χ1) is 11.3. The van der Waals surface area contributed by atoms with E-state index in [0.717, 1.165) is 11.0 Å². The van der Waals surface area contributed by atoms with Crippen LogP contribution in [0.25, 0.3) is 0 Å². The van der Waals surface area contributed by atoms with Crippen LogP contribution in [0.15, 0.2) is 60.7 Å². The van der Waals surface area contributed by atoms with Crippen LogP contribution in [-0.2, 0) is 5.75 Å². The molecule has 1 nitrogen and oxygen atoms in total. The highest BCUT2D eigenvalue weighted by Crippen LogP contribution is 2.32. The van der Waals surface area contributed by atoms with Gasteiger partial charge in [-0.3, -0.25) is 0 Å². The molecule has 2 heteroatoms. The van der Waals surface area contributed by atoms with E-state index in [4.69, 9.17) is 0 Å². The molecular formula is C21H27NS.